The topological polar surface area (TPSA) is 86.5 Å². The predicted octanol–water partition coefficient (Wildman–Crippen LogP) is 3.93. The van der Waals surface area contributed by atoms with E-state index in [9.17, 15) is 4.79 Å². The number of benzene rings is 1. The van der Waals surface area contributed by atoms with Crippen molar-refractivity contribution in [2.45, 2.75) is 56.0 Å². The fraction of sp³-hybridized carbons (Fsp3) is 0.550. The zero-order chi connectivity index (χ0) is 20.1. The van der Waals surface area contributed by atoms with Gasteiger partial charge in [0.25, 0.3) is 5.22 Å². The molecule has 1 aromatic carbocycles. The normalized spacial score (nSPS) is 20.4. The molecule has 28 heavy (non-hydrogen) atoms. The molecule has 8 heteroatoms. The Balaban J connectivity index is 1.64. The van der Waals surface area contributed by atoms with Gasteiger partial charge in [0.15, 0.2) is 0 Å². The molecule has 1 N–H and O–H groups in total. The number of thioether (sulfide) groups is 1. The zero-order valence-electron chi connectivity index (χ0n) is 16.7. The number of aromatic nitrogens is 2. The van der Waals surface area contributed by atoms with E-state index in [1.807, 2.05) is 6.92 Å². The van der Waals surface area contributed by atoms with Crippen LogP contribution < -0.4 is 14.8 Å². The van der Waals surface area contributed by atoms with Crippen molar-refractivity contribution in [2.24, 2.45) is 5.92 Å². The predicted molar refractivity (Wildman–Crippen MR) is 108 cm³/mol. The van der Waals surface area contributed by atoms with Crippen LogP contribution in [-0.4, -0.2) is 41.6 Å². The number of carbonyl (C=O) groups is 1. The molecule has 7 nitrogen and oxygen atoms in total. The van der Waals surface area contributed by atoms with Crippen LogP contribution >= 0.6 is 11.8 Å². The molecule has 0 spiro atoms. The summed E-state index contributed by atoms with van der Waals surface area (Å²) < 4.78 is 16.3. The van der Waals surface area contributed by atoms with Crippen molar-refractivity contribution in [3.05, 3.63) is 18.2 Å². The Hall–Kier alpha value is -2.22. The number of amides is 1. The van der Waals surface area contributed by atoms with Crippen LogP contribution in [0.4, 0.5) is 0 Å². The average molecular weight is 406 g/mol. The summed E-state index contributed by atoms with van der Waals surface area (Å²) in [7, 11) is 3.17. The summed E-state index contributed by atoms with van der Waals surface area (Å²) in [5.74, 6) is 2.15. The molecule has 0 bridgehead atoms. The third kappa shape index (κ3) is 4.98. The fourth-order valence-corrected chi connectivity index (χ4v) is 4.03. The van der Waals surface area contributed by atoms with Crippen LogP contribution in [0.25, 0.3) is 11.5 Å². The van der Waals surface area contributed by atoms with E-state index < -0.39 is 0 Å². The van der Waals surface area contributed by atoms with Crippen molar-refractivity contribution in [3.63, 3.8) is 0 Å². The van der Waals surface area contributed by atoms with Crippen molar-refractivity contribution >= 4 is 17.7 Å². The summed E-state index contributed by atoms with van der Waals surface area (Å²) in [5, 5.41) is 11.4. The molecule has 1 aromatic heterocycles. The molecule has 1 fully saturated rings. The first-order valence-corrected chi connectivity index (χ1v) is 10.4. The van der Waals surface area contributed by atoms with Gasteiger partial charge in [-0.15, -0.1) is 10.2 Å². The zero-order valence-corrected chi connectivity index (χ0v) is 17.5. The summed E-state index contributed by atoms with van der Waals surface area (Å²) in [5.41, 5.74) is 0.698. The van der Waals surface area contributed by atoms with Gasteiger partial charge in [0.2, 0.25) is 11.8 Å². The third-order valence-electron chi connectivity index (χ3n) is 5.09. The Morgan fingerprint density at radius 1 is 1.18 bits per heavy atom. The molecule has 0 aliphatic heterocycles. The maximum absolute atomic E-state index is 12.6. The molecule has 1 heterocycles. The number of nitrogens with zero attached hydrogens (tertiary/aromatic N) is 2. The summed E-state index contributed by atoms with van der Waals surface area (Å²) in [6.45, 7) is 4.06. The molecule has 1 amide bonds. The van der Waals surface area contributed by atoms with Crippen molar-refractivity contribution in [1.82, 2.24) is 15.5 Å². The highest BCUT2D eigenvalue weighted by molar-refractivity contribution is 8.00. The highest BCUT2D eigenvalue weighted by Crippen LogP contribution is 2.31. The number of hydrogen-bond donors (Lipinski definition) is 1. The van der Waals surface area contributed by atoms with Crippen LogP contribution in [0, 0.1) is 5.92 Å². The third-order valence-corrected chi connectivity index (χ3v) is 6.03. The molecule has 0 saturated heterocycles. The van der Waals surface area contributed by atoms with E-state index in [0.717, 1.165) is 6.42 Å². The van der Waals surface area contributed by atoms with Crippen molar-refractivity contribution in [2.75, 3.05) is 14.2 Å². The Morgan fingerprint density at radius 2 is 1.86 bits per heavy atom. The van der Waals surface area contributed by atoms with E-state index >= 15 is 0 Å². The molecule has 0 unspecified atom stereocenters. The van der Waals surface area contributed by atoms with Gasteiger partial charge in [-0.25, -0.2) is 0 Å². The van der Waals surface area contributed by atoms with Gasteiger partial charge in [-0.2, -0.15) is 0 Å². The maximum Gasteiger partial charge on any atom is 0.277 e. The first-order chi connectivity index (χ1) is 13.5. The Bertz CT molecular complexity index is 788. The maximum atomic E-state index is 12.6. The number of nitrogens with one attached hydrogen (secondary N) is 1. The lowest BCUT2D eigenvalue weighted by Crippen LogP contribution is -2.44. The highest BCUT2D eigenvalue weighted by atomic mass is 32.2. The lowest BCUT2D eigenvalue weighted by Gasteiger charge is -2.30. The molecule has 152 valence electrons. The van der Waals surface area contributed by atoms with Gasteiger partial charge in [0.1, 0.15) is 11.5 Å². The number of ether oxygens (including phenoxy) is 2. The minimum Gasteiger partial charge on any atom is -0.497 e. The Labute approximate surface area is 169 Å². The second kappa shape index (κ2) is 9.32. The van der Waals surface area contributed by atoms with Crippen LogP contribution in [0.15, 0.2) is 27.8 Å². The van der Waals surface area contributed by atoms with Gasteiger partial charge < -0.3 is 19.2 Å². The highest BCUT2D eigenvalue weighted by Gasteiger charge is 2.26. The largest absolute Gasteiger partial charge is 0.497 e. The molecule has 2 aromatic rings. The number of hydrogen-bond acceptors (Lipinski definition) is 7. The van der Waals surface area contributed by atoms with Crippen LogP contribution in [0.2, 0.25) is 0 Å². The summed E-state index contributed by atoms with van der Waals surface area (Å²) >= 11 is 1.26. The smallest absolute Gasteiger partial charge is 0.277 e. The molecule has 1 aliphatic carbocycles. The SMILES string of the molecule is COc1cc(OC)cc(-c2nnc(S[C@H](C)C(=O)N[C@H]3CCCC[C@@H]3C)o2)c1. The second-order valence-corrected chi connectivity index (χ2v) is 8.40. The van der Waals surface area contributed by atoms with Crippen LogP contribution in [0.1, 0.15) is 39.5 Å². The number of rotatable bonds is 7. The van der Waals surface area contributed by atoms with Crippen molar-refractivity contribution < 1.29 is 18.7 Å². The van der Waals surface area contributed by atoms with E-state index in [2.05, 4.69) is 22.4 Å². The minimum atomic E-state index is -0.317. The summed E-state index contributed by atoms with van der Waals surface area (Å²) in [4.78, 5) is 12.6. The molecular formula is C20H27N3O4S. The van der Waals surface area contributed by atoms with E-state index in [1.165, 1.54) is 31.0 Å². The van der Waals surface area contributed by atoms with Crippen LogP contribution in [0.3, 0.4) is 0 Å². The first-order valence-electron chi connectivity index (χ1n) is 9.54. The number of methoxy groups -OCH3 is 2. The molecule has 0 radical (unpaired) electrons. The standard InChI is InChI=1S/C20H27N3O4S/c1-12-7-5-6-8-17(12)21-18(24)13(2)28-20-23-22-19(27-20)14-9-15(25-3)11-16(10-14)26-4/h9-13,17H,5-8H2,1-4H3,(H,21,24)/t12-,13+,17-/m0/s1. The van der Waals surface area contributed by atoms with E-state index in [-0.39, 0.29) is 17.2 Å². The van der Waals surface area contributed by atoms with Gasteiger partial charge in [0.05, 0.1) is 19.5 Å². The Kier molecular flexibility index (Phi) is 6.83. The molecule has 1 aliphatic rings. The fourth-order valence-electron chi connectivity index (χ4n) is 3.34. The van der Waals surface area contributed by atoms with Gasteiger partial charge >= 0.3 is 0 Å². The lowest BCUT2D eigenvalue weighted by atomic mass is 9.86. The number of carbonyl (C=O) groups excluding carboxylic acids is 1. The van der Waals surface area contributed by atoms with Gasteiger partial charge in [-0.1, -0.05) is 31.5 Å². The van der Waals surface area contributed by atoms with Gasteiger partial charge in [-0.3, -0.25) is 4.79 Å². The van der Waals surface area contributed by atoms with E-state index in [0.29, 0.717) is 34.1 Å². The van der Waals surface area contributed by atoms with Crippen LogP contribution in [0.5, 0.6) is 11.5 Å². The van der Waals surface area contributed by atoms with Crippen molar-refractivity contribution in [3.8, 4) is 23.0 Å². The second-order valence-electron chi connectivity index (χ2n) is 7.11. The lowest BCUT2D eigenvalue weighted by molar-refractivity contribution is -0.121. The van der Waals surface area contributed by atoms with E-state index in [4.69, 9.17) is 13.9 Å². The monoisotopic (exact) mass is 405 g/mol. The molecule has 1 saturated carbocycles. The Morgan fingerprint density at radius 3 is 2.50 bits per heavy atom. The van der Waals surface area contributed by atoms with Crippen LogP contribution in [-0.2, 0) is 4.79 Å². The molecular weight excluding hydrogens is 378 g/mol. The average Bonchev–Trinajstić information content (AvgIpc) is 3.17. The van der Waals surface area contributed by atoms with Crippen molar-refractivity contribution in [1.29, 1.82) is 0 Å². The summed E-state index contributed by atoms with van der Waals surface area (Å²) in [6.07, 6.45) is 4.64. The minimum absolute atomic E-state index is 0.00606. The van der Waals surface area contributed by atoms with Gasteiger partial charge in [0, 0.05) is 17.7 Å². The first kappa shape index (κ1) is 20.5. The quantitative estimate of drug-likeness (QED) is 0.699. The molecule has 3 atom stereocenters. The van der Waals surface area contributed by atoms with Gasteiger partial charge in [-0.05, 0) is 37.8 Å². The summed E-state index contributed by atoms with van der Waals surface area (Å²) in [6, 6.07) is 5.62. The van der Waals surface area contributed by atoms with E-state index in [1.54, 1.807) is 32.4 Å². The molecule has 3 rings (SSSR count).